The third-order valence-corrected chi connectivity index (χ3v) is 3.53. The van der Waals surface area contributed by atoms with Crippen LogP contribution in [0.15, 0.2) is 36.5 Å². The van der Waals surface area contributed by atoms with Crippen molar-refractivity contribution in [2.24, 2.45) is 0 Å². The van der Waals surface area contributed by atoms with E-state index in [9.17, 15) is 0 Å². The van der Waals surface area contributed by atoms with Gasteiger partial charge in [-0.05, 0) is 30.3 Å². The minimum absolute atomic E-state index is 0.782. The Labute approximate surface area is 90.0 Å². The Morgan fingerprint density at radius 3 is 3.00 bits per heavy atom. The van der Waals surface area contributed by atoms with E-state index in [1.807, 2.05) is 30.5 Å². The van der Waals surface area contributed by atoms with Crippen molar-refractivity contribution in [3.05, 3.63) is 41.6 Å². The standard InChI is InChI=1S/C11H6ClNS/c12-7-3-4-8-10(6-7)14-9-2-1-5-13-11(8)9/h1-6H. The van der Waals surface area contributed by atoms with Crippen LogP contribution >= 0.6 is 22.9 Å². The zero-order chi connectivity index (χ0) is 9.54. The molecule has 0 unspecified atom stereocenters. The molecule has 1 aromatic carbocycles. The molecule has 14 heavy (non-hydrogen) atoms. The number of fused-ring (bicyclic) bond motifs is 3. The maximum absolute atomic E-state index is 5.93. The normalized spacial score (nSPS) is 11.2. The van der Waals surface area contributed by atoms with Crippen LogP contribution in [0, 0.1) is 0 Å². The minimum Gasteiger partial charge on any atom is -0.255 e. The van der Waals surface area contributed by atoms with Crippen LogP contribution in [0.1, 0.15) is 0 Å². The highest BCUT2D eigenvalue weighted by atomic mass is 35.5. The largest absolute Gasteiger partial charge is 0.255 e. The summed E-state index contributed by atoms with van der Waals surface area (Å²) in [5, 5.41) is 1.97. The van der Waals surface area contributed by atoms with E-state index in [1.165, 1.54) is 14.8 Å². The van der Waals surface area contributed by atoms with Crippen molar-refractivity contribution in [1.29, 1.82) is 0 Å². The molecular formula is C11H6ClNS. The fraction of sp³-hybridized carbons (Fsp3) is 0. The van der Waals surface area contributed by atoms with Crippen LogP contribution in [-0.2, 0) is 0 Å². The Bertz CT molecular complexity index is 615. The first-order valence-corrected chi connectivity index (χ1v) is 5.47. The number of halogens is 1. The Hall–Kier alpha value is -1.12. The van der Waals surface area contributed by atoms with Crippen LogP contribution < -0.4 is 0 Å². The van der Waals surface area contributed by atoms with Gasteiger partial charge in [-0.2, -0.15) is 0 Å². The number of thiophene rings is 1. The lowest BCUT2D eigenvalue weighted by molar-refractivity contribution is 1.44. The van der Waals surface area contributed by atoms with E-state index in [1.54, 1.807) is 11.3 Å². The van der Waals surface area contributed by atoms with Gasteiger partial charge in [0.25, 0.3) is 0 Å². The van der Waals surface area contributed by atoms with Crippen molar-refractivity contribution in [3.8, 4) is 0 Å². The Balaban J connectivity index is 2.57. The Morgan fingerprint density at radius 1 is 1.14 bits per heavy atom. The molecule has 0 N–H and O–H groups in total. The first-order chi connectivity index (χ1) is 6.84. The van der Waals surface area contributed by atoms with E-state index < -0.39 is 0 Å². The maximum atomic E-state index is 5.93. The SMILES string of the molecule is Clc1ccc2c(c1)sc1cccnc12. The van der Waals surface area contributed by atoms with Crippen molar-refractivity contribution >= 4 is 43.2 Å². The van der Waals surface area contributed by atoms with Gasteiger partial charge >= 0.3 is 0 Å². The number of aromatic nitrogens is 1. The summed E-state index contributed by atoms with van der Waals surface area (Å²) in [6.45, 7) is 0. The number of benzene rings is 1. The summed E-state index contributed by atoms with van der Waals surface area (Å²) < 4.78 is 2.41. The van der Waals surface area contributed by atoms with Crippen LogP contribution in [0.5, 0.6) is 0 Å². The van der Waals surface area contributed by atoms with E-state index in [0.717, 1.165) is 10.5 Å². The predicted octanol–water partition coefficient (Wildman–Crippen LogP) is 4.10. The van der Waals surface area contributed by atoms with Crippen molar-refractivity contribution < 1.29 is 0 Å². The van der Waals surface area contributed by atoms with E-state index in [0.29, 0.717) is 0 Å². The lowest BCUT2D eigenvalue weighted by Gasteiger charge is -1.90. The Morgan fingerprint density at radius 2 is 2.07 bits per heavy atom. The van der Waals surface area contributed by atoms with E-state index >= 15 is 0 Å². The van der Waals surface area contributed by atoms with Crippen LogP contribution in [0.4, 0.5) is 0 Å². The molecule has 3 aromatic rings. The van der Waals surface area contributed by atoms with Gasteiger partial charge in [0.2, 0.25) is 0 Å². The highest BCUT2D eigenvalue weighted by Crippen LogP contribution is 2.33. The second kappa shape index (κ2) is 2.94. The summed E-state index contributed by atoms with van der Waals surface area (Å²) in [5.41, 5.74) is 1.07. The molecule has 0 saturated carbocycles. The predicted molar refractivity (Wildman–Crippen MR) is 62.1 cm³/mol. The van der Waals surface area contributed by atoms with Gasteiger partial charge in [0.05, 0.1) is 10.2 Å². The monoisotopic (exact) mass is 219 g/mol. The maximum Gasteiger partial charge on any atom is 0.0888 e. The van der Waals surface area contributed by atoms with Gasteiger partial charge in [-0.3, -0.25) is 4.98 Å². The minimum atomic E-state index is 0.782. The first kappa shape index (κ1) is 8.21. The average Bonchev–Trinajstić information content (AvgIpc) is 2.54. The molecule has 0 aliphatic rings. The fourth-order valence-electron chi connectivity index (χ4n) is 1.57. The first-order valence-electron chi connectivity index (χ1n) is 4.27. The number of hydrogen-bond donors (Lipinski definition) is 0. The molecule has 0 bridgehead atoms. The summed E-state index contributed by atoms with van der Waals surface area (Å²) in [6.07, 6.45) is 1.82. The van der Waals surface area contributed by atoms with Crippen LogP contribution in [0.2, 0.25) is 5.02 Å². The lowest BCUT2D eigenvalue weighted by Crippen LogP contribution is -1.70. The zero-order valence-electron chi connectivity index (χ0n) is 7.20. The molecule has 0 aliphatic carbocycles. The van der Waals surface area contributed by atoms with Crippen LogP contribution in [0.25, 0.3) is 20.3 Å². The molecule has 68 valence electrons. The quantitative estimate of drug-likeness (QED) is 0.555. The summed E-state index contributed by atoms with van der Waals surface area (Å²) >= 11 is 7.66. The molecule has 0 atom stereocenters. The van der Waals surface area contributed by atoms with Crippen LogP contribution in [0.3, 0.4) is 0 Å². The van der Waals surface area contributed by atoms with Gasteiger partial charge in [-0.25, -0.2) is 0 Å². The molecule has 2 heterocycles. The third-order valence-electron chi connectivity index (χ3n) is 2.19. The summed E-state index contributed by atoms with van der Waals surface area (Å²) in [7, 11) is 0. The number of rotatable bonds is 0. The van der Waals surface area contributed by atoms with E-state index in [-0.39, 0.29) is 0 Å². The Kier molecular flexibility index (Phi) is 1.72. The topological polar surface area (TPSA) is 12.9 Å². The second-order valence-corrected chi connectivity index (χ2v) is 4.61. The van der Waals surface area contributed by atoms with Crippen molar-refractivity contribution in [2.45, 2.75) is 0 Å². The summed E-state index contributed by atoms with van der Waals surface area (Å²) in [5.74, 6) is 0. The second-order valence-electron chi connectivity index (χ2n) is 3.09. The van der Waals surface area contributed by atoms with Crippen molar-refractivity contribution in [3.63, 3.8) is 0 Å². The number of pyridine rings is 1. The molecule has 2 aromatic heterocycles. The molecule has 3 heteroatoms. The molecule has 3 rings (SSSR count). The van der Waals surface area contributed by atoms with Crippen molar-refractivity contribution in [2.75, 3.05) is 0 Å². The van der Waals surface area contributed by atoms with Gasteiger partial charge in [0.1, 0.15) is 0 Å². The zero-order valence-corrected chi connectivity index (χ0v) is 8.77. The lowest BCUT2D eigenvalue weighted by atomic mass is 10.2. The summed E-state index contributed by atoms with van der Waals surface area (Å²) in [4.78, 5) is 4.37. The molecule has 0 radical (unpaired) electrons. The third kappa shape index (κ3) is 1.11. The van der Waals surface area contributed by atoms with Gasteiger partial charge in [0, 0.05) is 21.3 Å². The number of nitrogens with zero attached hydrogens (tertiary/aromatic N) is 1. The van der Waals surface area contributed by atoms with Gasteiger partial charge in [0.15, 0.2) is 0 Å². The number of hydrogen-bond acceptors (Lipinski definition) is 2. The van der Waals surface area contributed by atoms with E-state index in [4.69, 9.17) is 11.6 Å². The fourth-order valence-corrected chi connectivity index (χ4v) is 2.91. The summed E-state index contributed by atoms with van der Waals surface area (Å²) in [6, 6.07) is 9.97. The molecule has 0 aliphatic heterocycles. The molecule has 0 fully saturated rings. The molecule has 0 saturated heterocycles. The molecule has 0 amide bonds. The highest BCUT2D eigenvalue weighted by Gasteiger charge is 2.04. The smallest absolute Gasteiger partial charge is 0.0888 e. The van der Waals surface area contributed by atoms with E-state index in [2.05, 4.69) is 11.1 Å². The van der Waals surface area contributed by atoms with Crippen molar-refractivity contribution in [1.82, 2.24) is 4.98 Å². The van der Waals surface area contributed by atoms with Crippen LogP contribution in [-0.4, -0.2) is 4.98 Å². The van der Waals surface area contributed by atoms with Gasteiger partial charge in [-0.15, -0.1) is 11.3 Å². The van der Waals surface area contributed by atoms with Gasteiger partial charge < -0.3 is 0 Å². The molecule has 0 spiro atoms. The molecular weight excluding hydrogens is 214 g/mol. The molecule has 1 nitrogen and oxygen atoms in total. The van der Waals surface area contributed by atoms with Gasteiger partial charge in [-0.1, -0.05) is 11.6 Å². The average molecular weight is 220 g/mol. The highest BCUT2D eigenvalue weighted by molar-refractivity contribution is 7.25.